The second-order valence-electron chi connectivity index (χ2n) is 6.15. The van der Waals surface area contributed by atoms with Crippen LogP contribution in [0.2, 0.25) is 0 Å². The lowest BCUT2D eigenvalue weighted by molar-refractivity contribution is 0.792. The van der Waals surface area contributed by atoms with Gasteiger partial charge in [0.2, 0.25) is 0 Å². The van der Waals surface area contributed by atoms with Gasteiger partial charge in [-0.05, 0) is 35.7 Å². The van der Waals surface area contributed by atoms with E-state index in [1.54, 1.807) is 17.8 Å². The van der Waals surface area contributed by atoms with E-state index in [1.807, 2.05) is 49.4 Å². The van der Waals surface area contributed by atoms with Crippen molar-refractivity contribution in [3.8, 4) is 22.3 Å². The second kappa shape index (κ2) is 6.07. The molecule has 4 aromatic rings. The van der Waals surface area contributed by atoms with Gasteiger partial charge >= 0.3 is 0 Å². The Morgan fingerprint density at radius 3 is 2.42 bits per heavy atom. The lowest BCUT2D eigenvalue weighted by atomic mass is 10.0. The predicted octanol–water partition coefficient (Wildman–Crippen LogP) is 2.95. The number of benzene rings is 2. The van der Waals surface area contributed by atoms with Crippen LogP contribution in [0, 0.1) is 6.92 Å². The first-order valence-corrected chi connectivity index (χ1v) is 8.18. The molecule has 6 heteroatoms. The summed E-state index contributed by atoms with van der Waals surface area (Å²) in [5.74, 6) is 1.14. The number of fused-ring (bicyclic) bond motifs is 1. The van der Waals surface area contributed by atoms with Gasteiger partial charge in [-0.3, -0.25) is 9.36 Å². The molecule has 0 bridgehead atoms. The van der Waals surface area contributed by atoms with Gasteiger partial charge in [0, 0.05) is 18.8 Å². The smallest absolute Gasteiger partial charge is 0.261 e. The molecule has 128 valence electrons. The molecule has 2 aromatic heterocycles. The maximum absolute atomic E-state index is 12.5. The highest BCUT2D eigenvalue weighted by Gasteiger charge is 2.08. The molecule has 0 saturated heterocycles. The molecule has 4 rings (SSSR count). The van der Waals surface area contributed by atoms with E-state index in [0.717, 1.165) is 22.3 Å². The monoisotopic (exact) mass is 343 g/mol. The highest BCUT2D eigenvalue weighted by molar-refractivity contribution is 5.84. The minimum atomic E-state index is -0.0415. The van der Waals surface area contributed by atoms with Gasteiger partial charge in [-0.1, -0.05) is 30.3 Å². The lowest BCUT2D eigenvalue weighted by Gasteiger charge is -2.08. The van der Waals surface area contributed by atoms with E-state index in [2.05, 4.69) is 15.0 Å². The fourth-order valence-corrected chi connectivity index (χ4v) is 2.97. The summed E-state index contributed by atoms with van der Waals surface area (Å²) in [6.07, 6.45) is 3.13. The van der Waals surface area contributed by atoms with Crippen LogP contribution in [0.3, 0.4) is 0 Å². The fourth-order valence-electron chi connectivity index (χ4n) is 2.97. The quantitative estimate of drug-likeness (QED) is 0.605. The summed E-state index contributed by atoms with van der Waals surface area (Å²) in [4.78, 5) is 25.0. The van der Waals surface area contributed by atoms with Crippen LogP contribution >= 0.6 is 0 Å². The number of rotatable bonds is 2. The van der Waals surface area contributed by atoms with E-state index in [1.165, 1.54) is 6.33 Å². The summed E-state index contributed by atoms with van der Waals surface area (Å²) < 4.78 is 1.56. The Bertz CT molecular complexity index is 1180. The molecule has 0 fully saturated rings. The third-order valence-corrected chi connectivity index (χ3v) is 4.57. The predicted molar refractivity (Wildman–Crippen MR) is 103 cm³/mol. The fraction of sp³-hybridized carbons (Fsp3) is 0.100. The minimum Gasteiger partial charge on any atom is -0.383 e. The number of anilines is 1. The second-order valence-corrected chi connectivity index (χ2v) is 6.15. The lowest BCUT2D eigenvalue weighted by Crippen LogP contribution is -2.20. The van der Waals surface area contributed by atoms with Gasteiger partial charge in [0.05, 0.1) is 10.9 Å². The topological polar surface area (TPSA) is 86.7 Å². The molecule has 2 N–H and O–H groups in total. The number of aromatic nitrogens is 4. The minimum absolute atomic E-state index is 0.0415. The number of nitrogens with two attached hydrogens (primary N) is 1. The van der Waals surface area contributed by atoms with Crippen molar-refractivity contribution >= 4 is 16.7 Å². The van der Waals surface area contributed by atoms with Crippen molar-refractivity contribution in [2.75, 3.05) is 5.73 Å². The Balaban J connectivity index is 1.79. The van der Waals surface area contributed by atoms with Crippen LogP contribution in [0.4, 0.5) is 5.82 Å². The molecule has 0 aliphatic rings. The van der Waals surface area contributed by atoms with Crippen LogP contribution in [-0.4, -0.2) is 19.5 Å². The van der Waals surface area contributed by atoms with E-state index in [-0.39, 0.29) is 5.56 Å². The maximum Gasteiger partial charge on any atom is 0.261 e. The molecule has 0 saturated carbocycles. The molecular weight excluding hydrogens is 326 g/mol. The molecule has 0 aliphatic heterocycles. The Kier molecular flexibility index (Phi) is 3.73. The highest BCUT2D eigenvalue weighted by Crippen LogP contribution is 2.27. The first-order valence-electron chi connectivity index (χ1n) is 8.18. The van der Waals surface area contributed by atoms with Gasteiger partial charge < -0.3 is 5.73 Å². The molecule has 0 spiro atoms. The third kappa shape index (κ3) is 2.61. The molecule has 0 amide bonds. The number of hydrogen-bond acceptors (Lipinski definition) is 5. The molecule has 2 aromatic carbocycles. The van der Waals surface area contributed by atoms with Crippen molar-refractivity contribution in [2.24, 2.45) is 7.05 Å². The van der Waals surface area contributed by atoms with Crippen molar-refractivity contribution in [2.45, 2.75) is 6.92 Å². The first-order chi connectivity index (χ1) is 12.5. The van der Waals surface area contributed by atoms with Crippen molar-refractivity contribution in [3.05, 3.63) is 71.2 Å². The zero-order valence-corrected chi connectivity index (χ0v) is 14.5. The van der Waals surface area contributed by atoms with Gasteiger partial charge in [0.15, 0.2) is 0 Å². The maximum atomic E-state index is 12.5. The Morgan fingerprint density at radius 2 is 1.69 bits per heavy atom. The summed E-state index contributed by atoms with van der Waals surface area (Å²) in [6.45, 7) is 1.83. The average Bonchev–Trinajstić information content (AvgIpc) is 2.67. The van der Waals surface area contributed by atoms with E-state index in [0.29, 0.717) is 22.5 Å². The molecule has 6 nitrogen and oxygen atoms in total. The van der Waals surface area contributed by atoms with Gasteiger partial charge in [-0.25, -0.2) is 15.0 Å². The molecule has 0 atom stereocenters. The number of hydrogen-bond donors (Lipinski definition) is 1. The summed E-state index contributed by atoms with van der Waals surface area (Å²) in [5, 5.41) is 0.611. The Labute approximate surface area is 150 Å². The number of nitrogens with zero attached hydrogens (tertiary/aromatic N) is 4. The molecule has 2 heterocycles. The van der Waals surface area contributed by atoms with Gasteiger partial charge in [0.1, 0.15) is 18.0 Å². The van der Waals surface area contributed by atoms with E-state index in [4.69, 9.17) is 5.73 Å². The van der Waals surface area contributed by atoms with Crippen molar-refractivity contribution < 1.29 is 0 Å². The molecule has 26 heavy (non-hydrogen) atoms. The van der Waals surface area contributed by atoms with Crippen LogP contribution in [0.5, 0.6) is 0 Å². The molecular formula is C20H17N5O. The largest absolute Gasteiger partial charge is 0.383 e. The average molecular weight is 343 g/mol. The van der Waals surface area contributed by atoms with Crippen LogP contribution in [-0.2, 0) is 7.05 Å². The van der Waals surface area contributed by atoms with Gasteiger partial charge in [-0.2, -0.15) is 0 Å². The van der Waals surface area contributed by atoms with Crippen molar-refractivity contribution in [1.29, 1.82) is 0 Å². The normalized spacial score (nSPS) is 11.0. The summed E-state index contributed by atoms with van der Waals surface area (Å²) in [6, 6.07) is 13.7. The number of nitrogen functional groups attached to an aromatic ring is 1. The summed E-state index contributed by atoms with van der Waals surface area (Å²) in [5.41, 5.74) is 10.3. The summed E-state index contributed by atoms with van der Waals surface area (Å²) >= 11 is 0. The van der Waals surface area contributed by atoms with E-state index < -0.39 is 0 Å². The van der Waals surface area contributed by atoms with Gasteiger partial charge in [-0.15, -0.1) is 0 Å². The van der Waals surface area contributed by atoms with Crippen molar-refractivity contribution in [1.82, 2.24) is 19.5 Å². The van der Waals surface area contributed by atoms with Gasteiger partial charge in [0.25, 0.3) is 5.56 Å². The molecule has 0 unspecified atom stereocenters. The van der Waals surface area contributed by atoms with E-state index >= 15 is 0 Å². The zero-order valence-electron chi connectivity index (χ0n) is 14.5. The highest BCUT2D eigenvalue weighted by atomic mass is 16.1. The Morgan fingerprint density at radius 1 is 1.00 bits per heavy atom. The SMILES string of the molecule is Cc1nc2ccc(-c3ccc(-c4cncnc4N)cc3)cc2c(=O)n1C. The first kappa shape index (κ1) is 16.0. The number of aryl methyl sites for hydroxylation is 1. The molecule has 0 radical (unpaired) electrons. The van der Waals surface area contributed by atoms with Crippen LogP contribution in [0.15, 0.2) is 59.8 Å². The van der Waals surface area contributed by atoms with Crippen LogP contribution < -0.4 is 11.3 Å². The standard InChI is InChI=1S/C20H17N5O/c1-12-24-18-8-7-15(9-16(18)20(26)25(12)2)13-3-5-14(6-4-13)17-10-22-11-23-19(17)21/h3-11H,1-2H3,(H2,21,22,23). The Hall–Kier alpha value is -3.54. The summed E-state index contributed by atoms with van der Waals surface area (Å²) in [7, 11) is 1.73. The van der Waals surface area contributed by atoms with Crippen molar-refractivity contribution in [3.63, 3.8) is 0 Å². The molecule has 0 aliphatic carbocycles. The van der Waals surface area contributed by atoms with E-state index in [9.17, 15) is 4.79 Å². The van der Waals surface area contributed by atoms with Crippen LogP contribution in [0.25, 0.3) is 33.2 Å². The van der Waals surface area contributed by atoms with Crippen LogP contribution in [0.1, 0.15) is 5.82 Å². The zero-order chi connectivity index (χ0) is 18.3. The third-order valence-electron chi connectivity index (χ3n) is 4.57.